The van der Waals surface area contributed by atoms with Crippen molar-refractivity contribution in [1.29, 1.82) is 0 Å². The summed E-state index contributed by atoms with van der Waals surface area (Å²) in [5.74, 6) is 0.542. The van der Waals surface area contributed by atoms with E-state index in [0.717, 1.165) is 82.1 Å². The van der Waals surface area contributed by atoms with Crippen molar-refractivity contribution < 1.29 is 4.57 Å². The van der Waals surface area contributed by atoms with Crippen LogP contribution in [0.15, 0.2) is 170 Å². The van der Waals surface area contributed by atoms with Crippen molar-refractivity contribution >= 4 is 55.6 Å². The minimum absolute atomic E-state index is 0.542. The van der Waals surface area contributed by atoms with Crippen LogP contribution in [0.2, 0.25) is 0 Å². The smallest absolute Gasteiger partial charge is 0.235 e. The van der Waals surface area contributed by atoms with Gasteiger partial charge in [-0.3, -0.25) is 4.57 Å². The fourth-order valence-corrected chi connectivity index (χ4v) is 10.9. The highest BCUT2D eigenvalue weighted by molar-refractivity contribution is 7.86. The van der Waals surface area contributed by atoms with Crippen molar-refractivity contribution in [2.24, 2.45) is 0 Å². The molecule has 0 fully saturated rings. The summed E-state index contributed by atoms with van der Waals surface area (Å²) in [5, 5.41) is 6.85. The first kappa shape index (κ1) is 28.0. The van der Waals surface area contributed by atoms with Gasteiger partial charge in [0.05, 0.1) is 27.7 Å². The maximum absolute atomic E-state index is 16.3. The number of rotatable bonds is 4. The number of benzene rings is 7. The predicted molar refractivity (Wildman–Crippen MR) is 203 cm³/mol. The van der Waals surface area contributed by atoms with Gasteiger partial charge in [0.2, 0.25) is 5.95 Å². The lowest BCUT2D eigenvalue weighted by atomic mass is 9.97. The number of hydrogen-bond donors (Lipinski definition) is 0. The first-order chi connectivity index (χ1) is 24.2. The molecule has 49 heavy (non-hydrogen) atoms. The monoisotopic (exact) mass is 645 g/mol. The average molecular weight is 646 g/mol. The Balaban J connectivity index is 1.38. The molecule has 1 unspecified atom stereocenters. The number of fused-ring (bicyclic) bond motifs is 9. The molecule has 0 amide bonds. The Kier molecular flexibility index (Phi) is 6.12. The Morgan fingerprint density at radius 2 is 1.10 bits per heavy atom. The van der Waals surface area contributed by atoms with Gasteiger partial charge >= 0.3 is 0 Å². The van der Waals surface area contributed by atoms with Crippen LogP contribution in [0.25, 0.3) is 72.2 Å². The van der Waals surface area contributed by atoms with Crippen molar-refractivity contribution in [2.75, 3.05) is 0 Å². The zero-order valence-corrected chi connectivity index (χ0v) is 27.3. The number of aromatic nitrogens is 3. The van der Waals surface area contributed by atoms with Gasteiger partial charge in [0.1, 0.15) is 0 Å². The van der Waals surface area contributed by atoms with Crippen LogP contribution in [0.4, 0.5) is 0 Å². The molecule has 0 bridgehead atoms. The molecular formula is C44H28N3OP. The van der Waals surface area contributed by atoms with Crippen molar-refractivity contribution in [1.82, 2.24) is 14.5 Å². The first-order valence-corrected chi connectivity index (χ1v) is 18.2. The van der Waals surface area contributed by atoms with E-state index in [1.807, 2.05) is 66.7 Å². The van der Waals surface area contributed by atoms with Gasteiger partial charge < -0.3 is 4.57 Å². The zero-order valence-electron chi connectivity index (χ0n) is 26.4. The van der Waals surface area contributed by atoms with Gasteiger partial charge in [-0.2, -0.15) is 0 Å². The van der Waals surface area contributed by atoms with Crippen molar-refractivity contribution in [3.05, 3.63) is 170 Å². The van der Waals surface area contributed by atoms with Crippen LogP contribution in [-0.4, -0.2) is 14.5 Å². The summed E-state index contributed by atoms with van der Waals surface area (Å²) in [5.41, 5.74) is 7.55. The molecule has 3 heterocycles. The third-order valence-corrected chi connectivity index (χ3v) is 13.0. The first-order valence-electron chi connectivity index (χ1n) is 16.5. The molecule has 10 rings (SSSR count). The lowest BCUT2D eigenvalue weighted by molar-refractivity contribution is 0.593. The molecule has 5 heteroatoms. The normalized spacial score (nSPS) is 15.1. The molecular weight excluding hydrogens is 617 g/mol. The van der Waals surface area contributed by atoms with Gasteiger partial charge in [-0.15, -0.1) is 0 Å². The van der Waals surface area contributed by atoms with Gasteiger partial charge in [-0.05, 0) is 34.5 Å². The van der Waals surface area contributed by atoms with Gasteiger partial charge in [0.15, 0.2) is 7.14 Å². The third kappa shape index (κ3) is 4.08. The van der Waals surface area contributed by atoms with Crippen LogP contribution in [0.3, 0.4) is 0 Å². The number of hydrogen-bond acceptors (Lipinski definition) is 3. The van der Waals surface area contributed by atoms with Crippen molar-refractivity contribution in [3.8, 4) is 39.6 Å². The second kappa shape index (κ2) is 10.7. The van der Waals surface area contributed by atoms with E-state index >= 15 is 4.57 Å². The van der Waals surface area contributed by atoms with E-state index in [1.165, 1.54) is 0 Å². The number of para-hydroxylation sites is 1. The molecule has 0 saturated carbocycles. The summed E-state index contributed by atoms with van der Waals surface area (Å²) in [7, 11) is -3.37. The van der Waals surface area contributed by atoms with Crippen LogP contribution in [0, 0.1) is 0 Å². The van der Waals surface area contributed by atoms with Crippen LogP contribution in [0.5, 0.6) is 0 Å². The minimum atomic E-state index is -3.37. The molecule has 0 saturated heterocycles. The Morgan fingerprint density at radius 1 is 0.510 bits per heavy atom. The Labute approximate surface area is 283 Å². The summed E-state index contributed by atoms with van der Waals surface area (Å²) in [6.07, 6.45) is 0. The second-order valence-corrected chi connectivity index (χ2v) is 15.2. The molecule has 1 aliphatic heterocycles. The van der Waals surface area contributed by atoms with E-state index in [9.17, 15) is 0 Å². The maximum atomic E-state index is 16.3. The zero-order chi connectivity index (χ0) is 32.5. The topological polar surface area (TPSA) is 47.8 Å². The number of nitrogens with zero attached hydrogens (tertiary/aromatic N) is 3. The fraction of sp³-hybridized carbons (Fsp3) is 0. The minimum Gasteiger partial charge on any atom is -0.309 e. The molecule has 0 N–H and O–H groups in total. The van der Waals surface area contributed by atoms with Crippen LogP contribution in [-0.2, 0) is 4.57 Å². The standard InChI is InChI=1S/C44H28N3OP/c48-49(32-19-8-3-9-20-32)40-27-24-29-14-10-11-21-33(29)41(40)36-26-25-35-34-22-12-13-23-39(34)47(42(35)43(36)49)44-45-37(30-15-4-1-5-16-30)28-38(46-44)31-17-6-2-7-18-31/h1-28H. The largest absolute Gasteiger partial charge is 0.309 e. The van der Waals surface area contributed by atoms with Gasteiger partial charge in [0, 0.05) is 38.1 Å². The van der Waals surface area contributed by atoms with Crippen molar-refractivity contribution in [2.45, 2.75) is 0 Å². The lowest BCUT2D eigenvalue weighted by Gasteiger charge is -2.18. The molecule has 7 aromatic carbocycles. The SMILES string of the molecule is O=P1(c2ccccc2)c2ccc3ccccc3c2-c2ccc3c4ccccc4n(-c4nc(-c5ccccc5)cc(-c5ccccc5)n4)c3c21. The van der Waals surface area contributed by atoms with Gasteiger partial charge in [-0.1, -0.05) is 152 Å². The van der Waals surface area contributed by atoms with E-state index in [4.69, 9.17) is 9.97 Å². The van der Waals surface area contributed by atoms with Crippen LogP contribution in [0.1, 0.15) is 0 Å². The highest BCUT2D eigenvalue weighted by Crippen LogP contribution is 2.56. The maximum Gasteiger partial charge on any atom is 0.235 e. The molecule has 1 atom stereocenters. The summed E-state index contributed by atoms with van der Waals surface area (Å²) in [6, 6.07) is 57.9. The van der Waals surface area contributed by atoms with Crippen LogP contribution >= 0.6 is 7.14 Å². The quantitative estimate of drug-likeness (QED) is 0.179. The summed E-state index contributed by atoms with van der Waals surface area (Å²) >= 11 is 0. The molecule has 230 valence electrons. The second-order valence-electron chi connectivity index (χ2n) is 12.5. The predicted octanol–water partition coefficient (Wildman–Crippen LogP) is 9.68. The lowest BCUT2D eigenvalue weighted by Crippen LogP contribution is -2.22. The molecule has 0 radical (unpaired) electrons. The molecule has 0 aliphatic carbocycles. The summed E-state index contributed by atoms with van der Waals surface area (Å²) < 4.78 is 18.5. The van der Waals surface area contributed by atoms with Gasteiger partial charge in [0.25, 0.3) is 0 Å². The van der Waals surface area contributed by atoms with E-state index in [0.29, 0.717) is 5.95 Å². The van der Waals surface area contributed by atoms with Crippen LogP contribution < -0.4 is 15.9 Å². The molecule has 9 aromatic rings. The Bertz CT molecular complexity index is 2730. The van der Waals surface area contributed by atoms with E-state index in [1.54, 1.807) is 0 Å². The molecule has 0 spiro atoms. The summed E-state index contributed by atoms with van der Waals surface area (Å²) in [4.78, 5) is 10.6. The fourth-order valence-electron chi connectivity index (χ4n) is 7.65. The van der Waals surface area contributed by atoms with E-state index in [-0.39, 0.29) is 0 Å². The van der Waals surface area contributed by atoms with E-state index in [2.05, 4.69) is 108 Å². The molecule has 2 aromatic heterocycles. The Morgan fingerprint density at radius 3 is 1.80 bits per heavy atom. The molecule has 4 nitrogen and oxygen atoms in total. The highest BCUT2D eigenvalue weighted by Gasteiger charge is 2.44. The highest BCUT2D eigenvalue weighted by atomic mass is 31.2. The van der Waals surface area contributed by atoms with Gasteiger partial charge in [-0.25, -0.2) is 9.97 Å². The van der Waals surface area contributed by atoms with Crippen molar-refractivity contribution in [3.63, 3.8) is 0 Å². The third-order valence-electron chi connectivity index (χ3n) is 9.81. The van der Waals surface area contributed by atoms with E-state index < -0.39 is 7.14 Å². The average Bonchev–Trinajstić information content (AvgIpc) is 3.66. The Hall–Kier alpha value is -6.09. The molecule has 1 aliphatic rings. The summed E-state index contributed by atoms with van der Waals surface area (Å²) in [6.45, 7) is 0.